The molecule has 0 bridgehead atoms. The van der Waals surface area contributed by atoms with Gasteiger partial charge in [-0.1, -0.05) is 12.1 Å². The molecule has 0 radical (unpaired) electrons. The molecule has 2 aromatic rings. The van der Waals surface area contributed by atoms with Crippen molar-refractivity contribution in [1.29, 1.82) is 0 Å². The molecule has 0 aromatic heterocycles. The normalized spacial score (nSPS) is 12.0. The van der Waals surface area contributed by atoms with Crippen molar-refractivity contribution in [3.8, 4) is 0 Å². The van der Waals surface area contributed by atoms with Crippen LogP contribution in [0.3, 0.4) is 0 Å². The first-order valence-corrected chi connectivity index (χ1v) is 18.4. The number of likely N-dealkylation sites (N-methyl/N-ethyl adjacent to an activating group) is 1. The molecule has 1 aliphatic heterocycles. The van der Waals surface area contributed by atoms with Gasteiger partial charge in [0.1, 0.15) is 32.7 Å². The quantitative estimate of drug-likeness (QED) is 0.0700. The van der Waals surface area contributed by atoms with Crippen molar-refractivity contribution in [2.45, 2.75) is 25.7 Å². The Morgan fingerprint density at radius 1 is 0.672 bits per heavy atom. The van der Waals surface area contributed by atoms with E-state index in [4.69, 9.17) is 4.84 Å². The number of hydrogen-bond donors (Lipinski definition) is 4. The summed E-state index contributed by atoms with van der Waals surface area (Å²) >= 11 is 2.06. The monoisotopic (exact) mass is 922 g/mol. The van der Waals surface area contributed by atoms with Gasteiger partial charge in [-0.05, 0) is 71.8 Å². The SMILES string of the molecule is CN(CC(=O)N(CC(=O)O)CC(=O)N(CCCCNC(=O)c1cccc(I)c1)CC(=O)O)C(=O)CN(CC(=O)O)C(=O)c1cccc(C(=O)ON2C(=O)CCC2=O)c1. The van der Waals surface area contributed by atoms with Gasteiger partial charge < -0.3 is 45.1 Å². The molecule has 1 aliphatic rings. The van der Waals surface area contributed by atoms with Gasteiger partial charge in [-0.25, -0.2) is 4.79 Å². The summed E-state index contributed by atoms with van der Waals surface area (Å²) in [5.41, 5.74) is -0.137. The molecule has 1 saturated heterocycles. The number of amides is 7. The van der Waals surface area contributed by atoms with Crippen LogP contribution in [0.4, 0.5) is 0 Å². The first kappa shape index (κ1) is 45.9. The summed E-state index contributed by atoms with van der Waals surface area (Å²) in [6.45, 7) is -5.38. The molecule has 4 N–H and O–H groups in total. The van der Waals surface area contributed by atoms with Crippen molar-refractivity contribution in [2.75, 3.05) is 59.4 Å². The number of unbranched alkanes of at least 4 members (excludes halogenated alkanes) is 1. The first-order chi connectivity index (χ1) is 27.4. The second-order valence-corrected chi connectivity index (χ2v) is 13.9. The Morgan fingerprint density at radius 2 is 1.21 bits per heavy atom. The van der Waals surface area contributed by atoms with Crippen molar-refractivity contribution >= 4 is 87.8 Å². The molecule has 7 amide bonds. The Bertz CT molecular complexity index is 1960. The van der Waals surface area contributed by atoms with Gasteiger partial charge in [0.05, 0.1) is 12.1 Å². The lowest BCUT2D eigenvalue weighted by atomic mass is 10.1. The number of benzene rings is 2. The van der Waals surface area contributed by atoms with Crippen LogP contribution in [0.15, 0.2) is 48.5 Å². The molecule has 0 aliphatic carbocycles. The number of hydrogen-bond acceptors (Lipinski definition) is 12. The van der Waals surface area contributed by atoms with Crippen LogP contribution in [0, 0.1) is 3.57 Å². The van der Waals surface area contributed by atoms with Crippen molar-refractivity contribution < 1.29 is 72.9 Å². The third-order valence-corrected chi connectivity index (χ3v) is 8.84. The molecule has 0 atom stereocenters. The number of nitrogens with zero attached hydrogens (tertiary/aromatic N) is 5. The van der Waals surface area contributed by atoms with Crippen LogP contribution >= 0.6 is 22.6 Å². The molecule has 22 heteroatoms. The summed E-state index contributed by atoms with van der Waals surface area (Å²) in [6, 6.07) is 11.5. The molecule has 2 aromatic carbocycles. The number of carbonyl (C=O) groups excluding carboxylic acids is 8. The highest BCUT2D eigenvalue weighted by molar-refractivity contribution is 14.1. The molecule has 0 unspecified atom stereocenters. The Kier molecular flexibility index (Phi) is 17.2. The molecule has 0 saturated carbocycles. The molecule has 1 fully saturated rings. The number of aliphatic carboxylic acids is 3. The highest BCUT2D eigenvalue weighted by atomic mass is 127. The van der Waals surface area contributed by atoms with Crippen LogP contribution in [0.25, 0.3) is 0 Å². The summed E-state index contributed by atoms with van der Waals surface area (Å²) in [4.78, 5) is 144. The van der Waals surface area contributed by atoms with Crippen LogP contribution < -0.4 is 5.32 Å². The maximum atomic E-state index is 13.4. The summed E-state index contributed by atoms with van der Waals surface area (Å²) in [6.07, 6.45) is 0.246. The molecule has 0 spiro atoms. The number of rotatable bonds is 21. The third kappa shape index (κ3) is 14.2. The lowest BCUT2D eigenvalue weighted by molar-refractivity contribution is -0.172. The van der Waals surface area contributed by atoms with E-state index in [1.54, 1.807) is 18.2 Å². The Balaban J connectivity index is 1.63. The van der Waals surface area contributed by atoms with Crippen molar-refractivity contribution in [2.24, 2.45) is 0 Å². The van der Waals surface area contributed by atoms with E-state index in [0.717, 1.165) is 26.5 Å². The number of carbonyl (C=O) groups is 11. The van der Waals surface area contributed by atoms with Crippen LogP contribution in [-0.4, -0.2) is 165 Å². The fourth-order valence-corrected chi connectivity index (χ4v) is 5.81. The molecule has 310 valence electrons. The molecule has 3 rings (SSSR count). The minimum Gasteiger partial charge on any atom is -0.480 e. The summed E-state index contributed by atoms with van der Waals surface area (Å²) in [5.74, 6) is -11.5. The number of carboxylic acids is 3. The van der Waals surface area contributed by atoms with Gasteiger partial charge in [-0.2, -0.15) is 0 Å². The second-order valence-electron chi connectivity index (χ2n) is 12.7. The molecule has 21 nitrogen and oxygen atoms in total. The van der Waals surface area contributed by atoms with E-state index in [1.165, 1.54) is 18.2 Å². The van der Waals surface area contributed by atoms with Crippen LogP contribution in [0.2, 0.25) is 0 Å². The lowest BCUT2D eigenvalue weighted by Gasteiger charge is -2.28. The van der Waals surface area contributed by atoms with Gasteiger partial charge in [0.2, 0.25) is 17.7 Å². The standard InChI is InChI=1S/C36H39IN6O15/c1-39(28(46)17-42(21-33(53)54)35(56)23-7-4-8-24(14-23)36(57)58-43-26(44)10-11-27(43)45)16-29(47)41(20-32(51)52)18-30(48)40(19-31(49)50)13-3-2-12-38-34(55)22-6-5-9-25(37)15-22/h4-9,14-15H,2-3,10-13,16-21H2,1H3,(H,38,55)(H,49,50)(H,51,52)(H,53,54). The van der Waals surface area contributed by atoms with E-state index in [1.807, 2.05) is 6.07 Å². The number of nitrogens with one attached hydrogen (secondary N) is 1. The summed E-state index contributed by atoms with van der Waals surface area (Å²) in [7, 11) is 1.09. The number of halogens is 1. The lowest BCUT2D eigenvalue weighted by Crippen LogP contribution is -2.50. The minimum atomic E-state index is -1.54. The van der Waals surface area contributed by atoms with Crippen molar-refractivity contribution in [3.05, 3.63) is 68.8 Å². The Morgan fingerprint density at radius 3 is 1.83 bits per heavy atom. The Hall–Kier alpha value is -6.46. The smallest absolute Gasteiger partial charge is 0.363 e. The fraction of sp³-hybridized carbons (Fsp3) is 0.361. The average Bonchev–Trinajstić information content (AvgIpc) is 3.47. The van der Waals surface area contributed by atoms with Gasteiger partial charge in [-0.15, -0.1) is 5.06 Å². The highest BCUT2D eigenvalue weighted by Crippen LogP contribution is 2.16. The van der Waals surface area contributed by atoms with Gasteiger partial charge in [0.15, 0.2) is 0 Å². The van der Waals surface area contributed by atoms with Crippen molar-refractivity contribution in [1.82, 2.24) is 30.0 Å². The fourth-order valence-electron chi connectivity index (χ4n) is 5.27. The van der Waals surface area contributed by atoms with Gasteiger partial charge >= 0.3 is 23.9 Å². The average molecular weight is 923 g/mol. The zero-order valence-electron chi connectivity index (χ0n) is 31.0. The largest absolute Gasteiger partial charge is 0.480 e. The van der Waals surface area contributed by atoms with E-state index in [-0.39, 0.29) is 49.4 Å². The molecular formula is C36H39IN6O15. The van der Waals surface area contributed by atoms with E-state index >= 15 is 0 Å². The zero-order valence-corrected chi connectivity index (χ0v) is 33.1. The van der Waals surface area contributed by atoms with E-state index in [2.05, 4.69) is 27.9 Å². The molecular weight excluding hydrogens is 883 g/mol. The second kappa shape index (κ2) is 21.7. The maximum Gasteiger partial charge on any atom is 0.363 e. The Labute approximate surface area is 343 Å². The summed E-state index contributed by atoms with van der Waals surface area (Å²) < 4.78 is 0.859. The van der Waals surface area contributed by atoms with Crippen LogP contribution in [0.1, 0.15) is 56.8 Å². The predicted octanol–water partition coefficient (Wildman–Crippen LogP) is -0.466. The van der Waals surface area contributed by atoms with Crippen molar-refractivity contribution in [3.63, 3.8) is 0 Å². The number of hydroxylamine groups is 2. The summed E-state index contributed by atoms with van der Waals surface area (Å²) in [5, 5.41) is 31.3. The highest BCUT2D eigenvalue weighted by Gasteiger charge is 2.34. The number of imide groups is 1. The molecule has 58 heavy (non-hydrogen) atoms. The predicted molar refractivity (Wildman–Crippen MR) is 203 cm³/mol. The van der Waals surface area contributed by atoms with Gasteiger partial charge in [-0.3, -0.25) is 47.9 Å². The van der Waals surface area contributed by atoms with E-state index < -0.39 is 98.6 Å². The van der Waals surface area contributed by atoms with Gasteiger partial charge in [0.25, 0.3) is 23.6 Å². The third-order valence-electron chi connectivity index (χ3n) is 8.17. The molecule has 1 heterocycles. The van der Waals surface area contributed by atoms with E-state index in [9.17, 15) is 68.1 Å². The van der Waals surface area contributed by atoms with Crippen LogP contribution in [-0.2, 0) is 43.2 Å². The minimum absolute atomic E-state index is 0.118. The topological polar surface area (TPSA) is 286 Å². The zero-order chi connectivity index (χ0) is 43.1. The van der Waals surface area contributed by atoms with Crippen LogP contribution in [0.5, 0.6) is 0 Å². The number of carboxylic acid groups (broad SMARTS) is 3. The maximum absolute atomic E-state index is 13.4. The first-order valence-electron chi connectivity index (χ1n) is 17.3. The van der Waals surface area contributed by atoms with Gasteiger partial charge in [0, 0.05) is 47.7 Å². The van der Waals surface area contributed by atoms with E-state index in [0.29, 0.717) is 26.8 Å².